The van der Waals surface area contributed by atoms with Crippen LogP contribution in [0.1, 0.15) is 19.0 Å². The van der Waals surface area contributed by atoms with E-state index in [1.54, 1.807) is 11.3 Å². The van der Waals surface area contributed by atoms with Gasteiger partial charge in [-0.3, -0.25) is 4.79 Å². The third-order valence-electron chi connectivity index (χ3n) is 2.45. The Morgan fingerprint density at radius 3 is 3.00 bits per heavy atom. The molecule has 0 saturated carbocycles. The fourth-order valence-corrected chi connectivity index (χ4v) is 2.21. The number of ether oxygens (including phenoxy) is 2. The average Bonchev–Trinajstić information content (AvgIpc) is 2.85. The Labute approximate surface area is 112 Å². The van der Waals surface area contributed by atoms with Gasteiger partial charge in [-0.05, 0) is 6.92 Å². The molecule has 0 spiro atoms. The molecule has 0 aliphatic heterocycles. The van der Waals surface area contributed by atoms with Crippen LogP contribution in [0.3, 0.4) is 0 Å². The number of aromatic nitrogens is 1. The Bertz CT molecular complexity index is 368. The number of carbonyl (C=O) groups excluding carboxylic acids is 1. The van der Waals surface area contributed by atoms with Gasteiger partial charge in [-0.15, -0.1) is 11.3 Å². The summed E-state index contributed by atoms with van der Waals surface area (Å²) < 4.78 is 9.90. The highest BCUT2D eigenvalue weighted by molar-refractivity contribution is 7.13. The Morgan fingerprint density at radius 2 is 2.33 bits per heavy atom. The zero-order chi connectivity index (χ0) is 13.4. The van der Waals surface area contributed by atoms with Gasteiger partial charge in [0, 0.05) is 32.0 Å². The van der Waals surface area contributed by atoms with Crippen LogP contribution in [0, 0.1) is 0 Å². The van der Waals surface area contributed by atoms with Gasteiger partial charge in [0.15, 0.2) is 5.13 Å². The fraction of sp³-hybridized carbons (Fsp3) is 0.667. The van der Waals surface area contributed by atoms with Crippen LogP contribution in [-0.4, -0.2) is 44.9 Å². The van der Waals surface area contributed by atoms with Gasteiger partial charge in [0.2, 0.25) is 0 Å². The highest BCUT2D eigenvalue weighted by Crippen LogP contribution is 2.19. The van der Waals surface area contributed by atoms with Crippen LogP contribution in [0.25, 0.3) is 0 Å². The molecule has 0 saturated heterocycles. The molecule has 1 rings (SSSR count). The molecule has 0 atom stereocenters. The second-order valence-electron chi connectivity index (χ2n) is 3.82. The number of hydrogen-bond donors (Lipinski definition) is 0. The maximum Gasteiger partial charge on any atom is 0.305 e. The van der Waals surface area contributed by atoms with Crippen molar-refractivity contribution in [2.75, 3.05) is 38.8 Å². The molecule has 1 heterocycles. The first-order chi connectivity index (χ1) is 8.67. The molecule has 6 heteroatoms. The molecule has 0 bridgehead atoms. The van der Waals surface area contributed by atoms with E-state index in [-0.39, 0.29) is 5.97 Å². The number of hydrogen-bond acceptors (Lipinski definition) is 6. The minimum atomic E-state index is -0.200. The molecule has 1 aromatic heterocycles. The topological polar surface area (TPSA) is 51.7 Å². The van der Waals surface area contributed by atoms with Crippen LogP contribution in [0.15, 0.2) is 5.38 Å². The summed E-state index contributed by atoms with van der Waals surface area (Å²) in [6.07, 6.45) is 1.00. The molecule has 18 heavy (non-hydrogen) atoms. The van der Waals surface area contributed by atoms with E-state index in [2.05, 4.69) is 14.6 Å². The number of methoxy groups -OCH3 is 1. The Balaban J connectivity index is 2.39. The molecule has 0 fully saturated rings. The van der Waals surface area contributed by atoms with E-state index in [0.717, 1.165) is 24.0 Å². The van der Waals surface area contributed by atoms with Crippen LogP contribution in [-0.2, 0) is 20.7 Å². The quantitative estimate of drug-likeness (QED) is 0.533. The summed E-state index contributed by atoms with van der Waals surface area (Å²) >= 11 is 1.58. The van der Waals surface area contributed by atoms with Crippen LogP contribution in [0.2, 0.25) is 0 Å². The lowest BCUT2D eigenvalue weighted by Crippen LogP contribution is -2.22. The largest absolute Gasteiger partial charge is 0.469 e. The van der Waals surface area contributed by atoms with E-state index in [4.69, 9.17) is 4.74 Å². The lowest BCUT2D eigenvalue weighted by atomic mass is 10.2. The van der Waals surface area contributed by atoms with E-state index in [9.17, 15) is 4.79 Å². The van der Waals surface area contributed by atoms with Crippen LogP contribution < -0.4 is 4.90 Å². The van der Waals surface area contributed by atoms with Gasteiger partial charge in [0.25, 0.3) is 0 Å². The molecule has 0 radical (unpaired) electrons. The van der Waals surface area contributed by atoms with E-state index >= 15 is 0 Å². The van der Waals surface area contributed by atoms with Gasteiger partial charge in [0.05, 0.1) is 25.8 Å². The maximum absolute atomic E-state index is 11.0. The monoisotopic (exact) mass is 272 g/mol. The number of rotatable bonds is 8. The summed E-state index contributed by atoms with van der Waals surface area (Å²) in [6.45, 7) is 4.23. The van der Waals surface area contributed by atoms with E-state index in [1.165, 1.54) is 7.11 Å². The number of carbonyl (C=O) groups is 1. The van der Waals surface area contributed by atoms with Crippen molar-refractivity contribution >= 4 is 22.4 Å². The van der Waals surface area contributed by atoms with Gasteiger partial charge in [0.1, 0.15) is 0 Å². The van der Waals surface area contributed by atoms with Crippen molar-refractivity contribution in [3.63, 3.8) is 0 Å². The first-order valence-corrected chi connectivity index (χ1v) is 6.85. The second-order valence-corrected chi connectivity index (χ2v) is 4.65. The zero-order valence-corrected chi connectivity index (χ0v) is 12.0. The molecule has 102 valence electrons. The van der Waals surface area contributed by atoms with Gasteiger partial charge in [-0.2, -0.15) is 0 Å². The van der Waals surface area contributed by atoms with Crippen LogP contribution in [0.5, 0.6) is 0 Å². The fourth-order valence-electron chi connectivity index (χ4n) is 1.36. The maximum atomic E-state index is 11.0. The second kappa shape index (κ2) is 8.05. The summed E-state index contributed by atoms with van der Waals surface area (Å²) in [5, 5.41) is 2.93. The van der Waals surface area contributed by atoms with Crippen LogP contribution in [0.4, 0.5) is 5.13 Å². The molecule has 0 aliphatic carbocycles. The van der Waals surface area contributed by atoms with Crippen molar-refractivity contribution in [3.05, 3.63) is 11.1 Å². The van der Waals surface area contributed by atoms with Crippen molar-refractivity contribution in [1.29, 1.82) is 0 Å². The number of esters is 1. The molecule has 0 N–H and O–H groups in total. The van der Waals surface area contributed by atoms with E-state index < -0.39 is 0 Å². The summed E-state index contributed by atoms with van der Waals surface area (Å²) in [5.74, 6) is -0.200. The molecular formula is C12H20N2O3S. The third-order valence-corrected chi connectivity index (χ3v) is 3.46. The van der Waals surface area contributed by atoms with Gasteiger partial charge >= 0.3 is 5.97 Å². The molecule has 0 aliphatic rings. The molecule has 1 aromatic rings. The number of aryl methyl sites for hydroxylation is 1. The van der Waals surface area contributed by atoms with E-state index in [1.807, 2.05) is 19.4 Å². The first kappa shape index (κ1) is 14.9. The molecule has 0 aromatic carbocycles. The van der Waals surface area contributed by atoms with E-state index in [0.29, 0.717) is 19.4 Å². The lowest BCUT2D eigenvalue weighted by Gasteiger charge is -2.14. The predicted molar refractivity (Wildman–Crippen MR) is 72.2 cm³/mol. The minimum absolute atomic E-state index is 0.200. The average molecular weight is 272 g/mol. The van der Waals surface area contributed by atoms with Crippen molar-refractivity contribution < 1.29 is 14.3 Å². The smallest absolute Gasteiger partial charge is 0.305 e. The molecule has 0 amide bonds. The minimum Gasteiger partial charge on any atom is -0.469 e. The van der Waals surface area contributed by atoms with Crippen molar-refractivity contribution in [2.24, 2.45) is 0 Å². The van der Waals surface area contributed by atoms with Gasteiger partial charge in [-0.1, -0.05) is 0 Å². The predicted octanol–water partition coefficient (Wildman–Crippen LogP) is 1.72. The summed E-state index contributed by atoms with van der Waals surface area (Å²) in [6, 6.07) is 0. The Hall–Kier alpha value is -1.14. The highest BCUT2D eigenvalue weighted by Gasteiger charge is 2.08. The number of nitrogens with zero attached hydrogens (tertiary/aromatic N) is 2. The summed E-state index contributed by atoms with van der Waals surface area (Å²) in [4.78, 5) is 17.6. The van der Waals surface area contributed by atoms with Crippen LogP contribution >= 0.6 is 11.3 Å². The number of thiazole rings is 1. The number of likely N-dealkylation sites (N-methyl/N-ethyl adjacent to an activating group) is 1. The lowest BCUT2D eigenvalue weighted by molar-refractivity contribution is -0.140. The van der Waals surface area contributed by atoms with Crippen molar-refractivity contribution in [3.8, 4) is 0 Å². The normalized spacial score (nSPS) is 10.4. The van der Waals surface area contributed by atoms with Crippen molar-refractivity contribution in [2.45, 2.75) is 19.8 Å². The molecule has 0 unspecified atom stereocenters. The Kier molecular flexibility index (Phi) is 6.67. The van der Waals surface area contributed by atoms with Crippen molar-refractivity contribution in [1.82, 2.24) is 4.98 Å². The number of anilines is 1. The molecule has 5 nitrogen and oxygen atoms in total. The summed E-state index contributed by atoms with van der Waals surface area (Å²) in [5.41, 5.74) is 0.934. The highest BCUT2D eigenvalue weighted by atomic mass is 32.1. The zero-order valence-electron chi connectivity index (χ0n) is 11.1. The molecular weight excluding hydrogens is 252 g/mol. The Morgan fingerprint density at radius 1 is 1.56 bits per heavy atom. The first-order valence-electron chi connectivity index (χ1n) is 5.97. The summed E-state index contributed by atoms with van der Waals surface area (Å²) in [7, 11) is 3.39. The standard InChI is InChI=1S/C12H20N2O3S/c1-4-17-8-7-14(2)12-13-10(9-18-12)5-6-11(15)16-3/h9H,4-8H2,1-3H3. The third kappa shape index (κ3) is 5.01. The van der Waals surface area contributed by atoms with Gasteiger partial charge in [-0.25, -0.2) is 4.98 Å². The van der Waals surface area contributed by atoms with Gasteiger partial charge < -0.3 is 14.4 Å². The SMILES string of the molecule is CCOCCN(C)c1nc(CCC(=O)OC)cs1.